The molecule has 1 aliphatic rings. The lowest BCUT2D eigenvalue weighted by molar-refractivity contribution is -0.121. The van der Waals surface area contributed by atoms with E-state index >= 15 is 0 Å². The van der Waals surface area contributed by atoms with Crippen LogP contribution in [0, 0.1) is 0 Å². The monoisotopic (exact) mass is 301 g/mol. The van der Waals surface area contributed by atoms with Crippen molar-refractivity contribution in [1.29, 1.82) is 0 Å². The molecular weight excluding hydrogens is 278 g/mol. The van der Waals surface area contributed by atoms with Gasteiger partial charge in [-0.25, -0.2) is 0 Å². The third kappa shape index (κ3) is 3.43. The van der Waals surface area contributed by atoms with Crippen molar-refractivity contribution in [1.82, 2.24) is 5.32 Å². The Hall–Kier alpha value is -1.97. The highest BCUT2D eigenvalue weighted by Crippen LogP contribution is 2.27. The first kappa shape index (κ1) is 14.9. The van der Waals surface area contributed by atoms with Crippen LogP contribution in [0.2, 0.25) is 0 Å². The summed E-state index contributed by atoms with van der Waals surface area (Å²) >= 11 is 0. The van der Waals surface area contributed by atoms with E-state index in [0.29, 0.717) is 12.5 Å². The Bertz CT molecular complexity index is 641. The first-order chi connectivity index (χ1) is 10.8. The fourth-order valence-corrected chi connectivity index (χ4v) is 3.19. The second-order valence-electron chi connectivity index (χ2n) is 6.03. The van der Waals surface area contributed by atoms with Crippen molar-refractivity contribution in [3.05, 3.63) is 30.0 Å². The van der Waals surface area contributed by atoms with Crippen molar-refractivity contribution in [3.63, 3.8) is 0 Å². The smallest absolute Gasteiger partial charge is 0.220 e. The SMILES string of the molecule is COc1ccc2occ(CCCC(=O)NC3CCCC3)c2c1. The normalized spacial score (nSPS) is 15.3. The molecule has 22 heavy (non-hydrogen) atoms. The van der Waals surface area contributed by atoms with Gasteiger partial charge in [-0.15, -0.1) is 0 Å². The number of amides is 1. The molecule has 0 saturated heterocycles. The third-order valence-electron chi connectivity index (χ3n) is 4.43. The van der Waals surface area contributed by atoms with Gasteiger partial charge in [-0.05, 0) is 49.4 Å². The minimum atomic E-state index is 0.178. The fourth-order valence-electron chi connectivity index (χ4n) is 3.19. The maximum absolute atomic E-state index is 11.9. The van der Waals surface area contributed by atoms with Gasteiger partial charge in [0.2, 0.25) is 5.91 Å². The molecule has 118 valence electrons. The largest absolute Gasteiger partial charge is 0.497 e. The Balaban J connectivity index is 1.53. The molecule has 1 heterocycles. The van der Waals surface area contributed by atoms with E-state index in [-0.39, 0.29) is 5.91 Å². The van der Waals surface area contributed by atoms with E-state index in [2.05, 4.69) is 5.32 Å². The lowest BCUT2D eigenvalue weighted by Gasteiger charge is -2.11. The lowest BCUT2D eigenvalue weighted by atomic mass is 10.1. The number of fused-ring (bicyclic) bond motifs is 1. The summed E-state index contributed by atoms with van der Waals surface area (Å²) in [4.78, 5) is 11.9. The first-order valence-corrected chi connectivity index (χ1v) is 8.10. The summed E-state index contributed by atoms with van der Waals surface area (Å²) < 4.78 is 10.8. The summed E-state index contributed by atoms with van der Waals surface area (Å²) in [5.41, 5.74) is 2.01. The predicted molar refractivity (Wildman–Crippen MR) is 86.1 cm³/mol. The minimum absolute atomic E-state index is 0.178. The first-order valence-electron chi connectivity index (χ1n) is 8.10. The Labute approximate surface area is 130 Å². The van der Waals surface area contributed by atoms with Crippen molar-refractivity contribution in [2.24, 2.45) is 0 Å². The van der Waals surface area contributed by atoms with Gasteiger partial charge < -0.3 is 14.5 Å². The van der Waals surface area contributed by atoms with Crippen molar-refractivity contribution < 1.29 is 13.9 Å². The average molecular weight is 301 g/mol. The molecule has 1 saturated carbocycles. The number of rotatable bonds is 6. The van der Waals surface area contributed by atoms with Gasteiger partial charge in [-0.1, -0.05) is 12.8 Å². The molecule has 4 nitrogen and oxygen atoms in total. The molecule has 0 spiro atoms. The Kier molecular flexibility index (Phi) is 4.66. The van der Waals surface area contributed by atoms with E-state index in [1.54, 1.807) is 13.4 Å². The molecular formula is C18H23NO3. The van der Waals surface area contributed by atoms with E-state index in [1.807, 2.05) is 18.2 Å². The highest BCUT2D eigenvalue weighted by atomic mass is 16.5. The molecule has 1 aliphatic carbocycles. The van der Waals surface area contributed by atoms with Gasteiger partial charge in [0.1, 0.15) is 11.3 Å². The summed E-state index contributed by atoms with van der Waals surface area (Å²) in [6.07, 6.45) is 8.81. The summed E-state index contributed by atoms with van der Waals surface area (Å²) in [6.45, 7) is 0. The zero-order valence-electron chi connectivity index (χ0n) is 13.1. The maximum atomic E-state index is 11.9. The number of benzene rings is 1. The van der Waals surface area contributed by atoms with E-state index < -0.39 is 0 Å². The number of ether oxygens (including phenoxy) is 1. The van der Waals surface area contributed by atoms with E-state index in [4.69, 9.17) is 9.15 Å². The van der Waals surface area contributed by atoms with Crippen LogP contribution in [0.1, 0.15) is 44.1 Å². The third-order valence-corrected chi connectivity index (χ3v) is 4.43. The van der Waals surface area contributed by atoms with Crippen LogP contribution < -0.4 is 10.1 Å². The number of nitrogens with one attached hydrogen (secondary N) is 1. The molecule has 1 aromatic heterocycles. The second kappa shape index (κ2) is 6.86. The van der Waals surface area contributed by atoms with Gasteiger partial charge in [0.15, 0.2) is 0 Å². The van der Waals surface area contributed by atoms with Gasteiger partial charge in [0.05, 0.1) is 13.4 Å². The van der Waals surface area contributed by atoms with Crippen LogP contribution in [0.15, 0.2) is 28.9 Å². The topological polar surface area (TPSA) is 51.5 Å². The van der Waals surface area contributed by atoms with Crippen LogP contribution in [0.3, 0.4) is 0 Å². The highest BCUT2D eigenvalue weighted by Gasteiger charge is 2.16. The van der Waals surface area contributed by atoms with Gasteiger partial charge in [0, 0.05) is 17.8 Å². The summed E-state index contributed by atoms with van der Waals surface area (Å²) in [5, 5.41) is 4.21. The van der Waals surface area contributed by atoms with Gasteiger partial charge in [-0.3, -0.25) is 4.79 Å². The van der Waals surface area contributed by atoms with Crippen LogP contribution in [-0.4, -0.2) is 19.1 Å². The molecule has 0 radical (unpaired) electrons. The number of hydrogen-bond acceptors (Lipinski definition) is 3. The Morgan fingerprint density at radius 3 is 2.95 bits per heavy atom. The summed E-state index contributed by atoms with van der Waals surface area (Å²) in [7, 11) is 1.66. The molecule has 4 heteroatoms. The molecule has 0 aliphatic heterocycles. The van der Waals surface area contributed by atoms with Crippen LogP contribution in [0.4, 0.5) is 0 Å². The quantitative estimate of drug-likeness (QED) is 0.882. The predicted octanol–water partition coefficient (Wildman–Crippen LogP) is 3.82. The molecule has 1 aromatic carbocycles. The lowest BCUT2D eigenvalue weighted by Crippen LogP contribution is -2.32. The van der Waals surface area contributed by atoms with Crippen molar-refractivity contribution in [3.8, 4) is 5.75 Å². The minimum Gasteiger partial charge on any atom is -0.497 e. The Morgan fingerprint density at radius 1 is 1.36 bits per heavy atom. The average Bonchev–Trinajstić information content (AvgIpc) is 3.17. The summed E-state index contributed by atoms with van der Waals surface area (Å²) in [6, 6.07) is 6.22. The highest BCUT2D eigenvalue weighted by molar-refractivity contribution is 5.82. The van der Waals surface area contributed by atoms with Gasteiger partial charge in [-0.2, -0.15) is 0 Å². The number of carbonyl (C=O) groups excluding carboxylic acids is 1. The number of hydrogen-bond donors (Lipinski definition) is 1. The number of aryl methyl sites for hydroxylation is 1. The number of methoxy groups -OCH3 is 1. The second-order valence-corrected chi connectivity index (χ2v) is 6.03. The van der Waals surface area contributed by atoms with E-state index in [9.17, 15) is 4.79 Å². The maximum Gasteiger partial charge on any atom is 0.220 e. The molecule has 2 aromatic rings. The van der Waals surface area contributed by atoms with Crippen molar-refractivity contribution >= 4 is 16.9 Å². The van der Waals surface area contributed by atoms with Crippen LogP contribution >= 0.6 is 0 Å². The number of furan rings is 1. The number of carbonyl (C=O) groups is 1. The molecule has 0 unspecified atom stereocenters. The molecule has 1 fully saturated rings. The van der Waals surface area contributed by atoms with Gasteiger partial charge in [0.25, 0.3) is 0 Å². The zero-order chi connectivity index (χ0) is 15.4. The van der Waals surface area contributed by atoms with Crippen LogP contribution in [-0.2, 0) is 11.2 Å². The Morgan fingerprint density at radius 2 is 2.18 bits per heavy atom. The van der Waals surface area contributed by atoms with E-state index in [1.165, 1.54) is 12.8 Å². The molecule has 1 amide bonds. The molecule has 1 N–H and O–H groups in total. The van der Waals surface area contributed by atoms with Crippen molar-refractivity contribution in [2.45, 2.75) is 51.0 Å². The van der Waals surface area contributed by atoms with Gasteiger partial charge >= 0.3 is 0 Å². The zero-order valence-corrected chi connectivity index (χ0v) is 13.1. The van der Waals surface area contributed by atoms with E-state index in [0.717, 1.165) is 48.0 Å². The van der Waals surface area contributed by atoms with Crippen LogP contribution in [0.5, 0.6) is 5.75 Å². The van der Waals surface area contributed by atoms with Crippen molar-refractivity contribution in [2.75, 3.05) is 7.11 Å². The molecule has 0 bridgehead atoms. The fraction of sp³-hybridized carbons (Fsp3) is 0.500. The molecule has 3 rings (SSSR count). The van der Waals surface area contributed by atoms with Crippen LogP contribution in [0.25, 0.3) is 11.0 Å². The summed E-state index contributed by atoms with van der Waals surface area (Å²) in [5.74, 6) is 1.01. The molecule has 0 atom stereocenters. The standard InChI is InChI=1S/C18H23NO3/c1-21-15-9-10-17-16(11-15)13(12-22-17)5-4-8-18(20)19-14-6-2-3-7-14/h9-12,14H,2-8H2,1H3,(H,19,20).